The molecule has 4 N–H and O–H groups in total. The Morgan fingerprint density at radius 3 is 2.42 bits per heavy atom. The van der Waals surface area contributed by atoms with Gasteiger partial charge in [-0.2, -0.15) is 0 Å². The molecular formula is C15H24N2O2. The van der Waals surface area contributed by atoms with Gasteiger partial charge in [0, 0.05) is 24.8 Å². The molecule has 1 atom stereocenters. The van der Waals surface area contributed by atoms with Crippen LogP contribution < -0.4 is 5.73 Å². The second-order valence-corrected chi connectivity index (χ2v) is 5.34. The zero-order valence-electron chi connectivity index (χ0n) is 11.3. The third kappa shape index (κ3) is 3.93. The molecule has 0 aromatic heterocycles. The highest BCUT2D eigenvalue weighted by Crippen LogP contribution is 2.25. The lowest BCUT2D eigenvalue weighted by molar-refractivity contribution is 0.0742. The van der Waals surface area contributed by atoms with Crippen molar-refractivity contribution in [3.05, 3.63) is 29.8 Å². The molecule has 1 aromatic carbocycles. The first-order valence-electron chi connectivity index (χ1n) is 7.09. The molecular weight excluding hydrogens is 240 g/mol. The number of hydrogen-bond donors (Lipinski definition) is 3. The number of nitrogens with zero attached hydrogens (tertiary/aromatic N) is 1. The molecule has 1 unspecified atom stereocenters. The summed E-state index contributed by atoms with van der Waals surface area (Å²) in [5.74, 6) is 0. The van der Waals surface area contributed by atoms with Gasteiger partial charge < -0.3 is 15.9 Å². The summed E-state index contributed by atoms with van der Waals surface area (Å²) in [6.07, 6.45) is 4.34. The molecule has 1 aliphatic carbocycles. The Labute approximate surface area is 114 Å². The van der Waals surface area contributed by atoms with Crippen molar-refractivity contribution in [1.82, 2.24) is 4.90 Å². The van der Waals surface area contributed by atoms with Crippen LogP contribution in [0.4, 0.5) is 5.69 Å². The molecule has 2 rings (SSSR count). The molecule has 4 nitrogen and oxygen atoms in total. The summed E-state index contributed by atoms with van der Waals surface area (Å²) in [7, 11) is 0. The number of hydrogen-bond acceptors (Lipinski definition) is 4. The molecule has 0 aliphatic heterocycles. The van der Waals surface area contributed by atoms with Crippen molar-refractivity contribution in [3.8, 4) is 0 Å². The summed E-state index contributed by atoms with van der Waals surface area (Å²) in [6, 6.07) is 7.86. The quantitative estimate of drug-likeness (QED) is 0.682. The Kier molecular flexibility index (Phi) is 5.19. The summed E-state index contributed by atoms with van der Waals surface area (Å²) in [5, 5.41) is 19.5. The number of nitrogen functional groups attached to an aromatic ring is 1. The van der Waals surface area contributed by atoms with E-state index in [4.69, 9.17) is 5.73 Å². The van der Waals surface area contributed by atoms with Gasteiger partial charge in [-0.3, -0.25) is 4.90 Å². The third-order valence-electron chi connectivity index (χ3n) is 3.96. The van der Waals surface area contributed by atoms with Crippen LogP contribution in [0.15, 0.2) is 24.3 Å². The molecule has 106 valence electrons. The summed E-state index contributed by atoms with van der Waals surface area (Å²) in [4.78, 5) is 2.22. The Bertz CT molecular complexity index is 374. The van der Waals surface area contributed by atoms with Gasteiger partial charge in [0.05, 0.1) is 12.7 Å². The number of aliphatic hydroxyl groups is 2. The Morgan fingerprint density at radius 2 is 1.84 bits per heavy atom. The lowest BCUT2D eigenvalue weighted by Crippen LogP contribution is -2.38. The predicted molar refractivity (Wildman–Crippen MR) is 76.7 cm³/mol. The van der Waals surface area contributed by atoms with E-state index in [1.807, 2.05) is 24.3 Å². The highest BCUT2D eigenvalue weighted by atomic mass is 16.3. The minimum atomic E-state index is -0.521. The van der Waals surface area contributed by atoms with E-state index in [0.29, 0.717) is 24.8 Å². The highest BCUT2D eigenvalue weighted by Gasteiger charge is 2.24. The lowest BCUT2D eigenvalue weighted by atomic mass is 10.1. The largest absolute Gasteiger partial charge is 0.399 e. The fourth-order valence-electron chi connectivity index (χ4n) is 2.87. The number of nitrogens with two attached hydrogens (primary N) is 1. The van der Waals surface area contributed by atoms with Crippen LogP contribution in [0, 0.1) is 0 Å². The average molecular weight is 264 g/mol. The summed E-state index contributed by atoms with van der Waals surface area (Å²) >= 11 is 0. The zero-order valence-corrected chi connectivity index (χ0v) is 11.3. The standard InChI is InChI=1S/C15H24N2O2/c16-13-7-5-12(6-8-13)15(19)11-17(9-10-18)14-3-1-2-4-14/h5-8,14-15,18-19H,1-4,9-11,16H2. The maximum atomic E-state index is 10.3. The summed E-state index contributed by atoms with van der Waals surface area (Å²) in [5.41, 5.74) is 7.24. The first-order chi connectivity index (χ1) is 9.20. The first kappa shape index (κ1) is 14.3. The Morgan fingerprint density at radius 1 is 1.21 bits per heavy atom. The molecule has 0 heterocycles. The maximum Gasteiger partial charge on any atom is 0.0917 e. The monoisotopic (exact) mass is 264 g/mol. The Hall–Kier alpha value is -1.10. The van der Waals surface area contributed by atoms with E-state index in [1.165, 1.54) is 25.7 Å². The van der Waals surface area contributed by atoms with Crippen LogP contribution in [0.5, 0.6) is 0 Å². The van der Waals surface area contributed by atoms with Crippen LogP contribution in [-0.2, 0) is 0 Å². The van der Waals surface area contributed by atoms with E-state index >= 15 is 0 Å². The van der Waals surface area contributed by atoms with Crippen LogP contribution in [0.3, 0.4) is 0 Å². The fourth-order valence-corrected chi connectivity index (χ4v) is 2.87. The van der Waals surface area contributed by atoms with Crippen LogP contribution in [-0.4, -0.2) is 40.9 Å². The van der Waals surface area contributed by atoms with Crippen LogP contribution >= 0.6 is 0 Å². The average Bonchev–Trinajstić information content (AvgIpc) is 2.92. The Balaban J connectivity index is 1.97. The predicted octanol–water partition coefficient (Wildman–Crippen LogP) is 1.54. The normalized spacial score (nSPS) is 18.1. The van der Waals surface area contributed by atoms with E-state index in [1.54, 1.807) is 0 Å². The van der Waals surface area contributed by atoms with Gasteiger partial charge in [-0.25, -0.2) is 0 Å². The van der Waals surface area contributed by atoms with Crippen LogP contribution in [0.1, 0.15) is 37.4 Å². The molecule has 0 saturated heterocycles. The van der Waals surface area contributed by atoms with Gasteiger partial charge >= 0.3 is 0 Å². The second-order valence-electron chi connectivity index (χ2n) is 5.34. The first-order valence-corrected chi connectivity index (χ1v) is 7.09. The van der Waals surface area contributed by atoms with Crippen molar-refractivity contribution in [2.75, 3.05) is 25.4 Å². The molecule has 0 radical (unpaired) electrons. The molecule has 0 bridgehead atoms. The number of rotatable bonds is 6. The van der Waals surface area contributed by atoms with Crippen LogP contribution in [0.2, 0.25) is 0 Å². The van der Waals surface area contributed by atoms with Crippen molar-refractivity contribution in [1.29, 1.82) is 0 Å². The van der Waals surface area contributed by atoms with E-state index < -0.39 is 6.10 Å². The molecule has 4 heteroatoms. The summed E-state index contributed by atoms with van der Waals surface area (Å²) < 4.78 is 0. The van der Waals surface area contributed by atoms with E-state index in [2.05, 4.69) is 4.90 Å². The molecule has 19 heavy (non-hydrogen) atoms. The minimum Gasteiger partial charge on any atom is -0.399 e. The fraction of sp³-hybridized carbons (Fsp3) is 0.600. The van der Waals surface area contributed by atoms with Crippen molar-refractivity contribution in [2.24, 2.45) is 0 Å². The SMILES string of the molecule is Nc1ccc(C(O)CN(CCO)C2CCCC2)cc1. The minimum absolute atomic E-state index is 0.144. The molecule has 1 saturated carbocycles. The smallest absolute Gasteiger partial charge is 0.0917 e. The number of anilines is 1. The number of benzene rings is 1. The van der Waals surface area contributed by atoms with Gasteiger partial charge in [0.25, 0.3) is 0 Å². The van der Waals surface area contributed by atoms with Crippen molar-refractivity contribution in [2.45, 2.75) is 37.8 Å². The van der Waals surface area contributed by atoms with Gasteiger partial charge in [0.15, 0.2) is 0 Å². The van der Waals surface area contributed by atoms with E-state index in [-0.39, 0.29) is 6.61 Å². The molecule has 0 spiro atoms. The van der Waals surface area contributed by atoms with Crippen molar-refractivity contribution < 1.29 is 10.2 Å². The van der Waals surface area contributed by atoms with Gasteiger partial charge in [0.1, 0.15) is 0 Å². The topological polar surface area (TPSA) is 69.7 Å². The maximum absolute atomic E-state index is 10.3. The highest BCUT2D eigenvalue weighted by molar-refractivity contribution is 5.39. The molecule has 1 aromatic rings. The van der Waals surface area contributed by atoms with Gasteiger partial charge in [0.2, 0.25) is 0 Å². The van der Waals surface area contributed by atoms with E-state index in [9.17, 15) is 10.2 Å². The molecule has 0 amide bonds. The summed E-state index contributed by atoms with van der Waals surface area (Å²) in [6.45, 7) is 1.36. The zero-order chi connectivity index (χ0) is 13.7. The second kappa shape index (κ2) is 6.89. The third-order valence-corrected chi connectivity index (χ3v) is 3.96. The van der Waals surface area contributed by atoms with Crippen molar-refractivity contribution >= 4 is 5.69 Å². The molecule has 1 fully saturated rings. The van der Waals surface area contributed by atoms with Crippen LogP contribution in [0.25, 0.3) is 0 Å². The van der Waals surface area contributed by atoms with Gasteiger partial charge in [-0.05, 0) is 30.5 Å². The van der Waals surface area contributed by atoms with Crippen molar-refractivity contribution in [3.63, 3.8) is 0 Å². The lowest BCUT2D eigenvalue weighted by Gasteiger charge is -2.30. The van der Waals surface area contributed by atoms with Gasteiger partial charge in [-0.15, -0.1) is 0 Å². The van der Waals surface area contributed by atoms with Gasteiger partial charge in [-0.1, -0.05) is 25.0 Å². The number of aliphatic hydroxyl groups excluding tert-OH is 2. The van der Waals surface area contributed by atoms with E-state index in [0.717, 1.165) is 5.56 Å². The molecule has 1 aliphatic rings.